The number of halogens is 2. The summed E-state index contributed by atoms with van der Waals surface area (Å²) >= 11 is 12.1. The van der Waals surface area contributed by atoms with Gasteiger partial charge in [0.2, 0.25) is 0 Å². The van der Waals surface area contributed by atoms with E-state index in [1.165, 1.54) is 5.56 Å². The Labute approximate surface area is 118 Å². The first-order chi connectivity index (χ1) is 8.56. The molecule has 0 aliphatic carbocycles. The van der Waals surface area contributed by atoms with Gasteiger partial charge >= 0.3 is 0 Å². The van der Waals surface area contributed by atoms with Gasteiger partial charge in [-0.15, -0.1) is 0 Å². The van der Waals surface area contributed by atoms with Gasteiger partial charge in [-0.3, -0.25) is 0 Å². The van der Waals surface area contributed by atoms with Crippen molar-refractivity contribution in [3.8, 4) is 0 Å². The van der Waals surface area contributed by atoms with Gasteiger partial charge in [-0.2, -0.15) is 0 Å². The van der Waals surface area contributed by atoms with E-state index in [2.05, 4.69) is 31.3 Å². The quantitative estimate of drug-likeness (QED) is 0.785. The van der Waals surface area contributed by atoms with Gasteiger partial charge in [-0.25, -0.2) is 0 Å². The fraction of sp³-hybridized carbons (Fsp3) is 0.200. The lowest BCUT2D eigenvalue weighted by atomic mass is 10.1. The molecule has 2 aromatic rings. The van der Waals surface area contributed by atoms with Crippen molar-refractivity contribution in [2.75, 3.05) is 5.32 Å². The first-order valence-corrected chi connectivity index (χ1v) is 6.60. The minimum atomic E-state index is 0.136. The van der Waals surface area contributed by atoms with E-state index in [1.54, 1.807) is 6.07 Å². The number of benzene rings is 2. The predicted molar refractivity (Wildman–Crippen MR) is 79.7 cm³/mol. The number of aryl methyl sites for hydroxylation is 1. The maximum atomic E-state index is 6.20. The zero-order valence-corrected chi connectivity index (χ0v) is 11.9. The number of hydrogen-bond acceptors (Lipinski definition) is 1. The van der Waals surface area contributed by atoms with Gasteiger partial charge in [-0.1, -0.05) is 41.4 Å². The fourth-order valence-electron chi connectivity index (χ4n) is 1.92. The molecule has 0 heterocycles. The van der Waals surface area contributed by atoms with Crippen LogP contribution in [0.25, 0.3) is 0 Å². The highest BCUT2D eigenvalue weighted by atomic mass is 35.5. The van der Waals surface area contributed by atoms with Crippen molar-refractivity contribution < 1.29 is 0 Å². The van der Waals surface area contributed by atoms with Crippen LogP contribution in [-0.2, 0) is 0 Å². The summed E-state index contributed by atoms with van der Waals surface area (Å²) in [4.78, 5) is 0. The van der Waals surface area contributed by atoms with Crippen molar-refractivity contribution in [2.24, 2.45) is 0 Å². The van der Waals surface area contributed by atoms with E-state index in [-0.39, 0.29) is 6.04 Å². The smallest absolute Gasteiger partial charge is 0.0500 e. The van der Waals surface area contributed by atoms with Crippen molar-refractivity contribution in [3.05, 3.63) is 63.6 Å². The number of nitrogens with one attached hydrogen (secondary N) is 1. The van der Waals surface area contributed by atoms with Crippen molar-refractivity contribution in [1.82, 2.24) is 0 Å². The molecule has 1 nitrogen and oxygen atoms in total. The van der Waals surface area contributed by atoms with Gasteiger partial charge in [0.15, 0.2) is 0 Å². The van der Waals surface area contributed by atoms with E-state index in [0.29, 0.717) is 10.0 Å². The Morgan fingerprint density at radius 2 is 1.83 bits per heavy atom. The molecule has 0 saturated heterocycles. The van der Waals surface area contributed by atoms with Gasteiger partial charge in [0, 0.05) is 21.8 Å². The van der Waals surface area contributed by atoms with Crippen LogP contribution in [0.2, 0.25) is 10.0 Å². The Morgan fingerprint density at radius 1 is 1.06 bits per heavy atom. The molecule has 0 aliphatic heterocycles. The lowest BCUT2D eigenvalue weighted by Gasteiger charge is -2.17. The van der Waals surface area contributed by atoms with E-state index in [9.17, 15) is 0 Å². The van der Waals surface area contributed by atoms with Crippen molar-refractivity contribution in [2.45, 2.75) is 19.9 Å². The van der Waals surface area contributed by atoms with Crippen LogP contribution in [0.1, 0.15) is 24.1 Å². The molecule has 0 aromatic heterocycles. The topological polar surface area (TPSA) is 12.0 Å². The fourth-order valence-corrected chi connectivity index (χ4v) is 2.49. The van der Waals surface area contributed by atoms with Gasteiger partial charge < -0.3 is 5.32 Å². The Kier molecular flexibility index (Phi) is 4.15. The van der Waals surface area contributed by atoms with Crippen molar-refractivity contribution >= 4 is 28.9 Å². The van der Waals surface area contributed by atoms with Gasteiger partial charge in [0.05, 0.1) is 0 Å². The highest BCUT2D eigenvalue weighted by Gasteiger charge is 2.09. The molecule has 0 aliphatic rings. The molecular formula is C15H15Cl2N. The van der Waals surface area contributed by atoms with Gasteiger partial charge in [0.1, 0.15) is 0 Å². The van der Waals surface area contributed by atoms with Crippen LogP contribution in [0.3, 0.4) is 0 Å². The summed E-state index contributed by atoms with van der Waals surface area (Å²) in [6, 6.07) is 14.0. The average Bonchev–Trinajstić information content (AvgIpc) is 2.28. The van der Waals surface area contributed by atoms with Gasteiger partial charge in [0.25, 0.3) is 0 Å². The molecule has 0 fully saturated rings. The molecule has 0 bridgehead atoms. The molecule has 0 saturated carbocycles. The average molecular weight is 280 g/mol. The number of rotatable bonds is 3. The number of hydrogen-bond donors (Lipinski definition) is 1. The molecule has 0 amide bonds. The molecule has 3 heteroatoms. The van der Waals surface area contributed by atoms with E-state index >= 15 is 0 Å². The Bertz CT molecular complexity index is 552. The van der Waals surface area contributed by atoms with Crippen LogP contribution in [0, 0.1) is 6.92 Å². The van der Waals surface area contributed by atoms with Crippen LogP contribution in [0.4, 0.5) is 5.69 Å². The third kappa shape index (κ3) is 3.18. The van der Waals surface area contributed by atoms with Crippen molar-refractivity contribution in [1.29, 1.82) is 0 Å². The van der Waals surface area contributed by atoms with E-state index in [1.807, 2.05) is 24.3 Å². The predicted octanol–water partition coefficient (Wildman–Crippen LogP) is 5.47. The third-order valence-electron chi connectivity index (χ3n) is 2.83. The summed E-state index contributed by atoms with van der Waals surface area (Å²) < 4.78 is 0. The summed E-state index contributed by atoms with van der Waals surface area (Å²) in [5, 5.41) is 4.78. The van der Waals surface area contributed by atoms with Gasteiger partial charge in [-0.05, 0) is 49.2 Å². The molecule has 0 radical (unpaired) electrons. The highest BCUT2D eigenvalue weighted by Crippen LogP contribution is 2.28. The largest absolute Gasteiger partial charge is 0.378 e. The maximum absolute atomic E-state index is 6.20. The van der Waals surface area contributed by atoms with Crippen LogP contribution in [-0.4, -0.2) is 0 Å². The van der Waals surface area contributed by atoms with Crippen LogP contribution in [0.15, 0.2) is 42.5 Å². The summed E-state index contributed by atoms with van der Waals surface area (Å²) in [7, 11) is 0. The molecule has 2 rings (SSSR count). The second kappa shape index (κ2) is 5.64. The van der Waals surface area contributed by atoms with Crippen molar-refractivity contribution in [3.63, 3.8) is 0 Å². The zero-order chi connectivity index (χ0) is 13.1. The number of anilines is 1. The first-order valence-electron chi connectivity index (χ1n) is 5.84. The molecule has 1 N–H and O–H groups in total. The second-order valence-corrected chi connectivity index (χ2v) is 5.24. The minimum absolute atomic E-state index is 0.136. The molecule has 0 spiro atoms. The minimum Gasteiger partial charge on any atom is -0.378 e. The lowest BCUT2D eigenvalue weighted by molar-refractivity contribution is 0.885. The standard InChI is InChI=1S/C15H15Cl2N/c1-10-4-3-5-13(8-10)18-11(2)14-7-6-12(16)9-15(14)17/h3-9,11,18H,1-2H3. The van der Waals surface area contributed by atoms with E-state index < -0.39 is 0 Å². The normalized spacial score (nSPS) is 12.2. The lowest BCUT2D eigenvalue weighted by Crippen LogP contribution is -2.07. The zero-order valence-electron chi connectivity index (χ0n) is 10.4. The Hall–Kier alpha value is -1.18. The monoisotopic (exact) mass is 279 g/mol. The summed E-state index contributed by atoms with van der Waals surface area (Å²) in [6.07, 6.45) is 0. The Morgan fingerprint density at radius 3 is 2.50 bits per heavy atom. The van der Waals surface area contributed by atoms with Crippen LogP contribution < -0.4 is 5.32 Å². The van der Waals surface area contributed by atoms with Crippen LogP contribution >= 0.6 is 23.2 Å². The summed E-state index contributed by atoms with van der Waals surface area (Å²) in [6.45, 7) is 4.16. The molecular weight excluding hydrogens is 265 g/mol. The third-order valence-corrected chi connectivity index (χ3v) is 3.39. The SMILES string of the molecule is Cc1cccc(NC(C)c2ccc(Cl)cc2Cl)c1. The molecule has 94 valence electrons. The van der Waals surface area contributed by atoms with E-state index in [0.717, 1.165) is 11.3 Å². The van der Waals surface area contributed by atoms with E-state index in [4.69, 9.17) is 23.2 Å². The molecule has 2 aromatic carbocycles. The summed E-state index contributed by atoms with van der Waals surface area (Å²) in [5.74, 6) is 0. The molecule has 1 unspecified atom stereocenters. The maximum Gasteiger partial charge on any atom is 0.0500 e. The second-order valence-electron chi connectivity index (χ2n) is 4.40. The summed E-state index contributed by atoms with van der Waals surface area (Å²) in [5.41, 5.74) is 3.37. The first kappa shape index (κ1) is 13.3. The van der Waals surface area contributed by atoms with Crippen LogP contribution in [0.5, 0.6) is 0 Å². The highest BCUT2D eigenvalue weighted by molar-refractivity contribution is 6.35. The Balaban J connectivity index is 2.19. The molecule has 18 heavy (non-hydrogen) atoms. The molecule has 1 atom stereocenters.